The third kappa shape index (κ3) is 3.05. The molecule has 20 heavy (non-hydrogen) atoms. The Bertz CT molecular complexity index is 446. The van der Waals surface area contributed by atoms with E-state index in [1.807, 2.05) is 0 Å². The first kappa shape index (κ1) is 14.1. The van der Waals surface area contributed by atoms with Crippen LogP contribution in [0.4, 0.5) is 0 Å². The molecule has 0 saturated carbocycles. The fourth-order valence-electron chi connectivity index (χ4n) is 3.77. The zero-order chi connectivity index (χ0) is 13.9. The van der Waals surface area contributed by atoms with Gasteiger partial charge in [0.1, 0.15) is 0 Å². The maximum absolute atomic E-state index is 3.56. The summed E-state index contributed by atoms with van der Waals surface area (Å²) in [5, 5.41) is 3.56. The lowest BCUT2D eigenvalue weighted by molar-refractivity contribution is 0.210. The molecule has 0 aliphatic carbocycles. The van der Waals surface area contributed by atoms with Crippen LogP contribution in [-0.4, -0.2) is 56.1 Å². The summed E-state index contributed by atoms with van der Waals surface area (Å²) in [6.07, 6.45) is 2.73. The molecule has 2 aliphatic rings. The molecular formula is C17H27N3. The standard InChI is InChI=1S/C17H27N3/c1-19(13-16-7-5-9-20(16)2)12-15-11-18-10-14-6-3-4-8-17(14)15/h3-4,6,8,15-16,18H,5,7,9-13H2,1-2H3. The number of likely N-dealkylation sites (tertiary alicyclic amines) is 1. The van der Waals surface area contributed by atoms with E-state index in [0.717, 1.165) is 25.7 Å². The Morgan fingerprint density at radius 1 is 1.30 bits per heavy atom. The topological polar surface area (TPSA) is 18.5 Å². The van der Waals surface area contributed by atoms with Gasteiger partial charge >= 0.3 is 0 Å². The van der Waals surface area contributed by atoms with Gasteiger partial charge in [-0.25, -0.2) is 0 Å². The maximum Gasteiger partial charge on any atom is 0.0220 e. The quantitative estimate of drug-likeness (QED) is 0.904. The molecule has 1 N–H and O–H groups in total. The molecule has 3 nitrogen and oxygen atoms in total. The third-order valence-corrected chi connectivity index (χ3v) is 4.93. The minimum atomic E-state index is 0.636. The van der Waals surface area contributed by atoms with E-state index < -0.39 is 0 Å². The van der Waals surface area contributed by atoms with Crippen molar-refractivity contribution in [3.8, 4) is 0 Å². The number of likely N-dealkylation sites (N-methyl/N-ethyl adjacent to an activating group) is 2. The summed E-state index contributed by atoms with van der Waals surface area (Å²) in [6, 6.07) is 9.67. The van der Waals surface area contributed by atoms with E-state index in [2.05, 4.69) is 53.5 Å². The highest BCUT2D eigenvalue weighted by atomic mass is 15.2. The summed E-state index contributed by atoms with van der Waals surface area (Å²) in [5.41, 5.74) is 3.04. The minimum absolute atomic E-state index is 0.636. The summed E-state index contributed by atoms with van der Waals surface area (Å²) in [5.74, 6) is 0.636. The second-order valence-electron chi connectivity index (χ2n) is 6.52. The largest absolute Gasteiger partial charge is 0.312 e. The van der Waals surface area contributed by atoms with Gasteiger partial charge in [-0.15, -0.1) is 0 Å². The van der Waals surface area contributed by atoms with E-state index in [1.165, 1.54) is 31.5 Å². The van der Waals surface area contributed by atoms with Crippen LogP contribution < -0.4 is 5.32 Å². The molecule has 3 rings (SSSR count). The average molecular weight is 273 g/mol. The molecule has 2 heterocycles. The number of hydrogen-bond acceptors (Lipinski definition) is 3. The Kier molecular flexibility index (Phi) is 4.39. The van der Waals surface area contributed by atoms with Crippen LogP contribution >= 0.6 is 0 Å². The van der Waals surface area contributed by atoms with Crippen LogP contribution in [0.2, 0.25) is 0 Å². The van der Waals surface area contributed by atoms with Gasteiger partial charge < -0.3 is 15.1 Å². The van der Waals surface area contributed by atoms with Gasteiger partial charge in [-0.05, 0) is 44.6 Å². The van der Waals surface area contributed by atoms with Crippen molar-refractivity contribution in [3.63, 3.8) is 0 Å². The molecule has 1 aromatic carbocycles. The Morgan fingerprint density at radius 2 is 2.15 bits per heavy atom. The van der Waals surface area contributed by atoms with Crippen molar-refractivity contribution in [1.82, 2.24) is 15.1 Å². The summed E-state index contributed by atoms with van der Waals surface area (Å²) in [4.78, 5) is 5.05. The normalized spacial score (nSPS) is 26.9. The molecule has 1 aromatic rings. The van der Waals surface area contributed by atoms with Crippen LogP contribution in [0.3, 0.4) is 0 Å². The van der Waals surface area contributed by atoms with Gasteiger partial charge in [0.2, 0.25) is 0 Å². The SMILES string of the molecule is CN(CC1CNCc2ccccc21)CC1CCCN1C. The van der Waals surface area contributed by atoms with Crippen molar-refractivity contribution >= 4 is 0 Å². The number of rotatable bonds is 4. The Balaban J connectivity index is 1.60. The summed E-state index contributed by atoms with van der Waals surface area (Å²) < 4.78 is 0. The van der Waals surface area contributed by atoms with Gasteiger partial charge in [0.05, 0.1) is 0 Å². The van der Waals surface area contributed by atoms with Crippen molar-refractivity contribution in [1.29, 1.82) is 0 Å². The minimum Gasteiger partial charge on any atom is -0.312 e. The molecule has 3 heteroatoms. The van der Waals surface area contributed by atoms with Crippen LogP contribution in [0.1, 0.15) is 29.9 Å². The zero-order valence-electron chi connectivity index (χ0n) is 12.8. The lowest BCUT2D eigenvalue weighted by atomic mass is 9.90. The Hall–Kier alpha value is -0.900. The predicted molar refractivity (Wildman–Crippen MR) is 84.0 cm³/mol. The molecule has 0 aromatic heterocycles. The maximum atomic E-state index is 3.56. The molecule has 0 spiro atoms. The first-order valence-corrected chi connectivity index (χ1v) is 7.91. The van der Waals surface area contributed by atoms with E-state index >= 15 is 0 Å². The van der Waals surface area contributed by atoms with Crippen molar-refractivity contribution in [2.75, 3.05) is 40.3 Å². The van der Waals surface area contributed by atoms with Crippen molar-refractivity contribution in [2.45, 2.75) is 31.3 Å². The molecule has 2 atom stereocenters. The fourth-order valence-corrected chi connectivity index (χ4v) is 3.77. The van der Waals surface area contributed by atoms with Crippen LogP contribution in [-0.2, 0) is 6.54 Å². The lowest BCUT2D eigenvalue weighted by Crippen LogP contribution is -2.41. The molecule has 0 bridgehead atoms. The van der Waals surface area contributed by atoms with E-state index in [0.29, 0.717) is 5.92 Å². The van der Waals surface area contributed by atoms with Gasteiger partial charge in [-0.2, -0.15) is 0 Å². The molecule has 0 amide bonds. The number of fused-ring (bicyclic) bond motifs is 1. The van der Waals surface area contributed by atoms with Crippen LogP contribution in [0.15, 0.2) is 24.3 Å². The summed E-state index contributed by atoms with van der Waals surface area (Å²) in [7, 11) is 4.55. The monoisotopic (exact) mass is 273 g/mol. The Morgan fingerprint density at radius 3 is 2.95 bits per heavy atom. The first-order valence-electron chi connectivity index (χ1n) is 7.91. The van der Waals surface area contributed by atoms with E-state index in [-0.39, 0.29) is 0 Å². The summed E-state index contributed by atoms with van der Waals surface area (Å²) in [6.45, 7) is 5.78. The van der Waals surface area contributed by atoms with Crippen molar-refractivity contribution < 1.29 is 0 Å². The predicted octanol–water partition coefficient (Wildman–Crippen LogP) is 1.90. The second-order valence-corrected chi connectivity index (χ2v) is 6.52. The van der Waals surface area contributed by atoms with Crippen LogP contribution in [0.25, 0.3) is 0 Å². The zero-order valence-corrected chi connectivity index (χ0v) is 12.8. The highest BCUT2D eigenvalue weighted by molar-refractivity contribution is 5.32. The smallest absolute Gasteiger partial charge is 0.0220 e. The molecule has 1 saturated heterocycles. The average Bonchev–Trinajstić information content (AvgIpc) is 2.85. The number of nitrogens with zero attached hydrogens (tertiary/aromatic N) is 2. The van der Waals surface area contributed by atoms with Gasteiger partial charge in [-0.1, -0.05) is 24.3 Å². The highest BCUT2D eigenvalue weighted by Crippen LogP contribution is 2.25. The summed E-state index contributed by atoms with van der Waals surface area (Å²) >= 11 is 0. The second kappa shape index (κ2) is 6.25. The molecule has 2 unspecified atom stereocenters. The molecule has 1 fully saturated rings. The van der Waals surface area contributed by atoms with Crippen molar-refractivity contribution in [2.24, 2.45) is 0 Å². The molecular weight excluding hydrogens is 246 g/mol. The van der Waals surface area contributed by atoms with Gasteiger partial charge in [0, 0.05) is 38.1 Å². The van der Waals surface area contributed by atoms with Crippen LogP contribution in [0.5, 0.6) is 0 Å². The third-order valence-electron chi connectivity index (χ3n) is 4.93. The van der Waals surface area contributed by atoms with Crippen LogP contribution in [0, 0.1) is 0 Å². The number of hydrogen-bond donors (Lipinski definition) is 1. The van der Waals surface area contributed by atoms with Gasteiger partial charge in [0.25, 0.3) is 0 Å². The van der Waals surface area contributed by atoms with Gasteiger partial charge in [0.15, 0.2) is 0 Å². The Labute approximate surface area is 123 Å². The van der Waals surface area contributed by atoms with Gasteiger partial charge in [-0.3, -0.25) is 0 Å². The van der Waals surface area contributed by atoms with E-state index in [9.17, 15) is 0 Å². The van der Waals surface area contributed by atoms with Crippen molar-refractivity contribution in [3.05, 3.63) is 35.4 Å². The highest BCUT2D eigenvalue weighted by Gasteiger charge is 2.25. The molecule has 2 aliphatic heterocycles. The fraction of sp³-hybridized carbons (Fsp3) is 0.647. The molecule has 110 valence electrons. The number of benzene rings is 1. The van der Waals surface area contributed by atoms with E-state index in [4.69, 9.17) is 0 Å². The lowest BCUT2D eigenvalue weighted by Gasteiger charge is -2.32. The van der Waals surface area contributed by atoms with E-state index in [1.54, 1.807) is 5.56 Å². The number of nitrogens with one attached hydrogen (secondary N) is 1. The molecule has 0 radical (unpaired) electrons. The first-order chi connectivity index (χ1) is 9.74.